The quantitative estimate of drug-likeness (QED) is 0.804. The Kier molecular flexibility index (Phi) is 5.78. The molecule has 0 spiro atoms. The van der Waals surface area contributed by atoms with Gasteiger partial charge >= 0.3 is 5.97 Å². The van der Waals surface area contributed by atoms with Crippen LogP contribution in [0.2, 0.25) is 0 Å². The molecule has 1 aromatic heterocycles. The van der Waals surface area contributed by atoms with Crippen LogP contribution in [0.3, 0.4) is 0 Å². The fraction of sp³-hybridized carbons (Fsp3) is 0.667. The van der Waals surface area contributed by atoms with Crippen LogP contribution in [0.5, 0.6) is 5.88 Å². The van der Waals surface area contributed by atoms with Crippen LogP contribution in [-0.2, 0) is 4.79 Å². The van der Waals surface area contributed by atoms with E-state index in [2.05, 4.69) is 15.3 Å². The molecular weight excluding hydrogens is 270 g/mol. The molecule has 1 aliphatic carbocycles. The smallest absolute Gasteiger partial charge is 0.326 e. The number of ether oxygens (including phenoxy) is 1. The number of rotatable bonds is 7. The van der Waals surface area contributed by atoms with Gasteiger partial charge in [0.2, 0.25) is 5.88 Å². The van der Waals surface area contributed by atoms with E-state index in [0.29, 0.717) is 18.3 Å². The molecular formula is C15H23N3O3. The van der Waals surface area contributed by atoms with Crippen molar-refractivity contribution in [2.24, 2.45) is 5.92 Å². The SMILES string of the molecule is CCCOc1cncc(NC(C(=O)O)C2CCCCC2)n1. The van der Waals surface area contributed by atoms with Crippen molar-refractivity contribution in [1.82, 2.24) is 9.97 Å². The lowest BCUT2D eigenvalue weighted by Gasteiger charge is -2.28. The highest BCUT2D eigenvalue weighted by Crippen LogP contribution is 2.28. The summed E-state index contributed by atoms with van der Waals surface area (Å²) in [5.41, 5.74) is 0. The van der Waals surface area contributed by atoms with Gasteiger partial charge in [-0.2, -0.15) is 4.98 Å². The third-order valence-electron chi connectivity index (χ3n) is 3.76. The first kappa shape index (κ1) is 15.5. The Balaban J connectivity index is 2.03. The van der Waals surface area contributed by atoms with Gasteiger partial charge in [0.15, 0.2) is 0 Å². The highest BCUT2D eigenvalue weighted by atomic mass is 16.5. The molecule has 0 saturated heterocycles. The molecule has 2 N–H and O–H groups in total. The van der Waals surface area contributed by atoms with E-state index >= 15 is 0 Å². The number of carboxylic acid groups (broad SMARTS) is 1. The summed E-state index contributed by atoms with van der Waals surface area (Å²) in [4.78, 5) is 19.8. The highest BCUT2D eigenvalue weighted by molar-refractivity contribution is 5.77. The number of aliphatic carboxylic acids is 1. The highest BCUT2D eigenvalue weighted by Gasteiger charge is 2.29. The molecule has 1 saturated carbocycles. The second kappa shape index (κ2) is 7.81. The Bertz CT molecular complexity index is 461. The minimum atomic E-state index is -0.830. The van der Waals surface area contributed by atoms with Crippen LogP contribution in [0.4, 0.5) is 5.82 Å². The summed E-state index contributed by atoms with van der Waals surface area (Å²) in [7, 11) is 0. The average Bonchev–Trinajstić information content (AvgIpc) is 2.51. The summed E-state index contributed by atoms with van der Waals surface area (Å²) < 4.78 is 5.42. The van der Waals surface area contributed by atoms with Crippen molar-refractivity contribution in [3.05, 3.63) is 12.4 Å². The van der Waals surface area contributed by atoms with E-state index < -0.39 is 12.0 Å². The summed E-state index contributed by atoms with van der Waals surface area (Å²) in [5.74, 6) is 0.207. The average molecular weight is 293 g/mol. The molecule has 0 aromatic carbocycles. The lowest BCUT2D eigenvalue weighted by molar-refractivity contribution is -0.139. The van der Waals surface area contributed by atoms with Crippen LogP contribution in [0.1, 0.15) is 45.4 Å². The summed E-state index contributed by atoms with van der Waals surface area (Å²) in [5, 5.41) is 12.5. The van der Waals surface area contributed by atoms with Crippen LogP contribution in [0.15, 0.2) is 12.4 Å². The van der Waals surface area contributed by atoms with Crippen molar-refractivity contribution in [3.63, 3.8) is 0 Å². The predicted molar refractivity (Wildman–Crippen MR) is 79.4 cm³/mol. The van der Waals surface area contributed by atoms with Crippen molar-refractivity contribution in [1.29, 1.82) is 0 Å². The molecule has 1 unspecified atom stereocenters. The van der Waals surface area contributed by atoms with Crippen molar-refractivity contribution in [2.75, 3.05) is 11.9 Å². The van der Waals surface area contributed by atoms with Crippen LogP contribution >= 0.6 is 0 Å². The van der Waals surface area contributed by atoms with Gasteiger partial charge < -0.3 is 15.2 Å². The van der Waals surface area contributed by atoms with Gasteiger partial charge in [-0.25, -0.2) is 4.79 Å². The first-order chi connectivity index (χ1) is 10.2. The molecule has 21 heavy (non-hydrogen) atoms. The zero-order valence-corrected chi connectivity index (χ0v) is 12.4. The van der Waals surface area contributed by atoms with Gasteiger partial charge in [-0.1, -0.05) is 26.2 Å². The Labute approximate surface area is 124 Å². The first-order valence-electron chi connectivity index (χ1n) is 7.65. The molecule has 6 heteroatoms. The number of hydrogen-bond acceptors (Lipinski definition) is 5. The fourth-order valence-electron chi connectivity index (χ4n) is 2.70. The molecule has 0 amide bonds. The maximum atomic E-state index is 11.5. The zero-order chi connectivity index (χ0) is 15.1. The van der Waals surface area contributed by atoms with Gasteiger partial charge in [-0.3, -0.25) is 4.98 Å². The Morgan fingerprint density at radius 3 is 2.86 bits per heavy atom. The van der Waals surface area contributed by atoms with Crippen molar-refractivity contribution in [2.45, 2.75) is 51.5 Å². The standard InChI is InChI=1S/C15H23N3O3/c1-2-8-21-13-10-16-9-12(17-13)18-14(15(19)20)11-6-4-3-5-7-11/h9-11,14H,2-8H2,1H3,(H,17,18)(H,19,20). The topological polar surface area (TPSA) is 84.3 Å². The van der Waals surface area contributed by atoms with Gasteiger partial charge in [0.05, 0.1) is 19.0 Å². The number of nitrogens with one attached hydrogen (secondary N) is 1. The number of hydrogen-bond donors (Lipinski definition) is 2. The lowest BCUT2D eigenvalue weighted by Crippen LogP contribution is -2.38. The van der Waals surface area contributed by atoms with E-state index in [1.54, 1.807) is 0 Å². The van der Waals surface area contributed by atoms with Gasteiger partial charge in [0.1, 0.15) is 11.9 Å². The monoisotopic (exact) mass is 293 g/mol. The molecule has 1 atom stereocenters. The van der Waals surface area contributed by atoms with E-state index in [4.69, 9.17) is 4.74 Å². The molecule has 0 aliphatic heterocycles. The molecule has 6 nitrogen and oxygen atoms in total. The van der Waals surface area contributed by atoms with E-state index in [1.807, 2.05) is 6.92 Å². The predicted octanol–water partition coefficient (Wildman–Crippen LogP) is 2.71. The molecule has 1 heterocycles. The van der Waals surface area contributed by atoms with Crippen LogP contribution in [0.25, 0.3) is 0 Å². The van der Waals surface area contributed by atoms with Crippen LogP contribution in [-0.4, -0.2) is 33.7 Å². The van der Waals surface area contributed by atoms with E-state index in [1.165, 1.54) is 18.8 Å². The second-order valence-corrected chi connectivity index (χ2v) is 5.45. The van der Waals surface area contributed by atoms with Gasteiger partial charge in [0, 0.05) is 0 Å². The maximum absolute atomic E-state index is 11.5. The maximum Gasteiger partial charge on any atom is 0.326 e. The number of carboxylic acids is 1. The Hall–Kier alpha value is -1.85. The summed E-state index contributed by atoms with van der Waals surface area (Å²) in [6.45, 7) is 2.59. The van der Waals surface area contributed by atoms with Crippen LogP contribution < -0.4 is 10.1 Å². The molecule has 0 bridgehead atoms. The Morgan fingerprint density at radius 1 is 1.43 bits per heavy atom. The van der Waals surface area contributed by atoms with E-state index in [-0.39, 0.29) is 5.92 Å². The number of nitrogens with zero attached hydrogens (tertiary/aromatic N) is 2. The first-order valence-corrected chi connectivity index (χ1v) is 7.65. The van der Waals surface area contributed by atoms with E-state index in [9.17, 15) is 9.90 Å². The fourth-order valence-corrected chi connectivity index (χ4v) is 2.70. The molecule has 0 radical (unpaired) electrons. The van der Waals surface area contributed by atoms with Gasteiger partial charge in [-0.05, 0) is 25.2 Å². The molecule has 1 aromatic rings. The molecule has 1 aliphatic rings. The molecule has 1 fully saturated rings. The summed E-state index contributed by atoms with van der Waals surface area (Å²) in [6.07, 6.45) is 9.26. The minimum Gasteiger partial charge on any atom is -0.480 e. The molecule has 116 valence electrons. The van der Waals surface area contributed by atoms with Crippen molar-refractivity contribution >= 4 is 11.8 Å². The number of aromatic nitrogens is 2. The van der Waals surface area contributed by atoms with Crippen molar-refractivity contribution < 1.29 is 14.6 Å². The van der Waals surface area contributed by atoms with Gasteiger partial charge in [-0.15, -0.1) is 0 Å². The summed E-state index contributed by atoms with van der Waals surface area (Å²) >= 11 is 0. The van der Waals surface area contributed by atoms with E-state index in [0.717, 1.165) is 32.1 Å². The summed E-state index contributed by atoms with van der Waals surface area (Å²) in [6, 6.07) is -0.610. The number of anilines is 1. The third-order valence-corrected chi connectivity index (χ3v) is 3.76. The Morgan fingerprint density at radius 2 is 2.19 bits per heavy atom. The minimum absolute atomic E-state index is 0.151. The largest absolute Gasteiger partial charge is 0.480 e. The normalized spacial score (nSPS) is 17.2. The zero-order valence-electron chi connectivity index (χ0n) is 12.4. The molecule has 2 rings (SSSR count). The van der Waals surface area contributed by atoms with Gasteiger partial charge in [0.25, 0.3) is 0 Å². The van der Waals surface area contributed by atoms with Crippen molar-refractivity contribution in [3.8, 4) is 5.88 Å². The number of carbonyl (C=O) groups is 1. The third kappa shape index (κ3) is 4.58. The second-order valence-electron chi connectivity index (χ2n) is 5.45. The van der Waals surface area contributed by atoms with Crippen LogP contribution in [0, 0.1) is 5.92 Å². The lowest BCUT2D eigenvalue weighted by atomic mass is 9.84.